The average Bonchev–Trinajstić information content (AvgIpc) is 2.85. The Morgan fingerprint density at radius 3 is 2.56 bits per heavy atom. The van der Waals surface area contributed by atoms with E-state index in [1.54, 1.807) is 19.1 Å². The zero-order valence-corrected chi connectivity index (χ0v) is 15.1. The van der Waals surface area contributed by atoms with Crippen molar-refractivity contribution in [2.75, 3.05) is 5.32 Å². The minimum atomic E-state index is -0.139. The van der Waals surface area contributed by atoms with Crippen molar-refractivity contribution >= 4 is 29.0 Å². The van der Waals surface area contributed by atoms with Gasteiger partial charge in [-0.2, -0.15) is 0 Å². The van der Waals surface area contributed by atoms with Crippen LogP contribution in [0.5, 0.6) is 0 Å². The summed E-state index contributed by atoms with van der Waals surface area (Å²) in [6, 6.07) is 9.34. The molecule has 1 aliphatic carbocycles. The number of hydrogen-bond donors (Lipinski definition) is 2. The molecule has 1 aromatic heterocycles. The van der Waals surface area contributed by atoms with Gasteiger partial charge in [0.25, 0.3) is 5.91 Å². The summed E-state index contributed by atoms with van der Waals surface area (Å²) < 4.78 is 0. The third kappa shape index (κ3) is 4.92. The highest BCUT2D eigenvalue weighted by molar-refractivity contribution is 6.33. The molecule has 0 aliphatic heterocycles. The number of aromatic nitrogens is 2. The van der Waals surface area contributed by atoms with Crippen molar-refractivity contribution in [1.29, 1.82) is 0 Å². The molecular formula is C19H23ClN4O. The lowest BCUT2D eigenvalue weighted by atomic mass is 10.1. The quantitative estimate of drug-likeness (QED) is 0.781. The van der Waals surface area contributed by atoms with Crippen LogP contribution in [0.1, 0.15) is 54.8 Å². The lowest BCUT2D eigenvalue weighted by molar-refractivity contribution is 0.0928. The SMILES string of the molecule is Cc1nc(Nc2ccccc2Cl)cc(C(=O)NC2CCCCCC2)n1. The predicted molar refractivity (Wildman–Crippen MR) is 100 cm³/mol. The lowest BCUT2D eigenvalue weighted by Crippen LogP contribution is -2.35. The maximum absolute atomic E-state index is 12.6. The first-order chi connectivity index (χ1) is 12.1. The fraction of sp³-hybridized carbons (Fsp3) is 0.421. The number of benzene rings is 1. The predicted octanol–water partition coefficient (Wildman–Crippen LogP) is 4.63. The highest BCUT2D eigenvalue weighted by Gasteiger charge is 2.17. The molecule has 6 heteroatoms. The van der Waals surface area contributed by atoms with Crippen molar-refractivity contribution in [1.82, 2.24) is 15.3 Å². The number of carbonyl (C=O) groups excluding carboxylic acids is 1. The summed E-state index contributed by atoms with van der Waals surface area (Å²) in [4.78, 5) is 21.2. The lowest BCUT2D eigenvalue weighted by Gasteiger charge is -2.16. The Kier molecular flexibility index (Phi) is 5.87. The molecular weight excluding hydrogens is 336 g/mol. The summed E-state index contributed by atoms with van der Waals surface area (Å²) in [6.45, 7) is 1.78. The molecule has 1 amide bonds. The molecule has 1 fully saturated rings. The number of aryl methyl sites for hydroxylation is 1. The number of nitrogens with one attached hydrogen (secondary N) is 2. The molecule has 0 atom stereocenters. The Morgan fingerprint density at radius 1 is 1.12 bits per heavy atom. The van der Waals surface area contributed by atoms with Crippen molar-refractivity contribution in [3.63, 3.8) is 0 Å². The molecule has 1 aliphatic rings. The number of hydrogen-bond acceptors (Lipinski definition) is 4. The van der Waals surface area contributed by atoms with Crippen LogP contribution in [0.4, 0.5) is 11.5 Å². The minimum Gasteiger partial charge on any atom is -0.348 e. The Morgan fingerprint density at radius 2 is 1.84 bits per heavy atom. The second-order valence-corrected chi connectivity index (χ2v) is 6.86. The largest absolute Gasteiger partial charge is 0.348 e. The summed E-state index contributed by atoms with van der Waals surface area (Å²) in [7, 11) is 0. The number of nitrogens with zero attached hydrogens (tertiary/aromatic N) is 2. The number of anilines is 2. The smallest absolute Gasteiger partial charge is 0.270 e. The monoisotopic (exact) mass is 358 g/mol. The zero-order valence-electron chi connectivity index (χ0n) is 14.4. The molecule has 3 rings (SSSR count). The molecule has 132 valence electrons. The number of carbonyl (C=O) groups is 1. The Labute approximate surface area is 153 Å². The van der Waals surface area contributed by atoms with E-state index < -0.39 is 0 Å². The van der Waals surface area contributed by atoms with Gasteiger partial charge in [-0.25, -0.2) is 9.97 Å². The number of rotatable bonds is 4. The topological polar surface area (TPSA) is 66.9 Å². The van der Waals surface area contributed by atoms with Gasteiger partial charge in [-0.05, 0) is 31.9 Å². The van der Waals surface area contributed by atoms with Crippen molar-refractivity contribution in [3.05, 3.63) is 46.9 Å². The van der Waals surface area contributed by atoms with Gasteiger partial charge >= 0.3 is 0 Å². The van der Waals surface area contributed by atoms with Crippen LogP contribution in [0.2, 0.25) is 5.02 Å². The van der Waals surface area contributed by atoms with Gasteiger partial charge < -0.3 is 10.6 Å². The molecule has 25 heavy (non-hydrogen) atoms. The molecule has 1 saturated carbocycles. The number of halogens is 1. The first-order valence-electron chi connectivity index (χ1n) is 8.80. The van der Waals surface area contributed by atoms with Gasteiger partial charge in [-0.3, -0.25) is 4.79 Å². The van der Waals surface area contributed by atoms with Crippen LogP contribution in [0, 0.1) is 6.92 Å². The van der Waals surface area contributed by atoms with E-state index in [0.717, 1.165) is 18.5 Å². The number of para-hydroxylation sites is 1. The molecule has 1 heterocycles. The molecule has 0 bridgehead atoms. The summed E-state index contributed by atoms with van der Waals surface area (Å²) in [5.41, 5.74) is 1.13. The molecule has 2 aromatic rings. The third-order valence-corrected chi connectivity index (χ3v) is 4.73. The van der Waals surface area contributed by atoms with Gasteiger partial charge in [0.1, 0.15) is 17.3 Å². The van der Waals surface area contributed by atoms with E-state index >= 15 is 0 Å². The van der Waals surface area contributed by atoms with Crippen LogP contribution >= 0.6 is 11.6 Å². The van der Waals surface area contributed by atoms with E-state index in [-0.39, 0.29) is 11.9 Å². The van der Waals surface area contributed by atoms with E-state index in [2.05, 4.69) is 20.6 Å². The van der Waals surface area contributed by atoms with Gasteiger partial charge in [0.05, 0.1) is 10.7 Å². The van der Waals surface area contributed by atoms with Crippen LogP contribution < -0.4 is 10.6 Å². The highest BCUT2D eigenvalue weighted by atomic mass is 35.5. The summed E-state index contributed by atoms with van der Waals surface area (Å²) in [6.07, 6.45) is 6.94. The molecule has 5 nitrogen and oxygen atoms in total. The van der Waals surface area contributed by atoms with Crippen molar-refractivity contribution in [3.8, 4) is 0 Å². The van der Waals surface area contributed by atoms with Crippen molar-refractivity contribution < 1.29 is 4.79 Å². The van der Waals surface area contributed by atoms with Crippen molar-refractivity contribution in [2.24, 2.45) is 0 Å². The van der Waals surface area contributed by atoms with Gasteiger partial charge in [0.2, 0.25) is 0 Å². The van der Waals surface area contributed by atoms with Gasteiger partial charge in [0.15, 0.2) is 0 Å². The van der Waals surface area contributed by atoms with E-state index in [1.165, 1.54) is 25.7 Å². The molecule has 2 N–H and O–H groups in total. The summed E-state index contributed by atoms with van der Waals surface area (Å²) in [5, 5.41) is 6.88. The molecule has 0 radical (unpaired) electrons. The van der Waals surface area contributed by atoms with Crippen molar-refractivity contribution in [2.45, 2.75) is 51.5 Å². The second kappa shape index (κ2) is 8.30. The second-order valence-electron chi connectivity index (χ2n) is 6.45. The Balaban J connectivity index is 1.74. The molecule has 0 saturated heterocycles. The van der Waals surface area contributed by atoms with E-state index in [4.69, 9.17) is 11.6 Å². The van der Waals surface area contributed by atoms with Crippen LogP contribution in [-0.2, 0) is 0 Å². The molecule has 0 unspecified atom stereocenters. The van der Waals surface area contributed by atoms with Gasteiger partial charge in [-0.1, -0.05) is 49.4 Å². The third-order valence-electron chi connectivity index (χ3n) is 4.40. The maximum Gasteiger partial charge on any atom is 0.270 e. The average molecular weight is 359 g/mol. The Hall–Kier alpha value is -2.14. The highest BCUT2D eigenvalue weighted by Crippen LogP contribution is 2.24. The fourth-order valence-corrected chi connectivity index (χ4v) is 3.31. The first-order valence-corrected chi connectivity index (χ1v) is 9.18. The van der Waals surface area contributed by atoms with Crippen LogP contribution in [0.15, 0.2) is 30.3 Å². The van der Waals surface area contributed by atoms with Gasteiger partial charge in [0, 0.05) is 12.1 Å². The molecule has 0 spiro atoms. The zero-order chi connectivity index (χ0) is 17.6. The minimum absolute atomic E-state index is 0.139. The van der Waals surface area contributed by atoms with Crippen LogP contribution in [-0.4, -0.2) is 21.9 Å². The van der Waals surface area contributed by atoms with E-state index in [9.17, 15) is 4.79 Å². The summed E-state index contributed by atoms with van der Waals surface area (Å²) in [5.74, 6) is 0.967. The number of amides is 1. The molecule has 1 aromatic carbocycles. The van der Waals surface area contributed by atoms with Crippen LogP contribution in [0.25, 0.3) is 0 Å². The van der Waals surface area contributed by atoms with Crippen LogP contribution in [0.3, 0.4) is 0 Å². The Bertz CT molecular complexity index is 742. The van der Waals surface area contributed by atoms with Gasteiger partial charge in [-0.15, -0.1) is 0 Å². The van der Waals surface area contributed by atoms with E-state index in [1.807, 2.05) is 18.2 Å². The summed E-state index contributed by atoms with van der Waals surface area (Å²) >= 11 is 6.18. The van der Waals surface area contributed by atoms with E-state index in [0.29, 0.717) is 22.4 Å². The maximum atomic E-state index is 12.6. The standard InChI is InChI=1S/C19H23ClN4O/c1-13-21-17(19(25)23-14-8-4-2-3-5-9-14)12-18(22-13)24-16-11-7-6-10-15(16)20/h6-7,10-12,14H,2-5,8-9H2,1H3,(H,23,25)(H,21,22,24). The normalized spacial score (nSPS) is 15.4. The first kappa shape index (κ1) is 17.7. The fourth-order valence-electron chi connectivity index (χ4n) is 3.13.